The zero-order valence-corrected chi connectivity index (χ0v) is 13.4. The van der Waals surface area contributed by atoms with Gasteiger partial charge in [-0.3, -0.25) is 4.79 Å². The third-order valence-corrected chi connectivity index (χ3v) is 4.93. The predicted octanol–water partition coefficient (Wildman–Crippen LogP) is 4.46. The lowest BCUT2D eigenvalue weighted by Crippen LogP contribution is -2.28. The van der Waals surface area contributed by atoms with Gasteiger partial charge in [0.1, 0.15) is 0 Å². The average molecular weight is 304 g/mol. The van der Waals surface area contributed by atoms with E-state index in [1.165, 1.54) is 0 Å². The highest BCUT2D eigenvalue weighted by Crippen LogP contribution is 2.51. The fourth-order valence-electron chi connectivity index (χ4n) is 3.32. The van der Waals surface area contributed by atoms with Crippen molar-refractivity contribution in [1.82, 2.24) is 4.98 Å². The SMILES string of the molecule is Cc1ccc(C)c(NC(=O)C2(c3c[nH]c4ccccc34)CC2)c1. The Morgan fingerprint density at radius 3 is 2.70 bits per heavy atom. The Labute approximate surface area is 135 Å². The number of fused-ring (bicyclic) bond motifs is 1. The highest BCUT2D eigenvalue weighted by atomic mass is 16.2. The molecule has 1 saturated carbocycles. The number of carbonyl (C=O) groups is 1. The molecule has 3 aromatic rings. The van der Waals surface area contributed by atoms with Crippen LogP contribution in [-0.4, -0.2) is 10.9 Å². The molecule has 0 atom stereocenters. The van der Waals surface area contributed by atoms with Crippen LogP contribution in [0, 0.1) is 13.8 Å². The molecule has 23 heavy (non-hydrogen) atoms. The smallest absolute Gasteiger partial charge is 0.235 e. The van der Waals surface area contributed by atoms with Gasteiger partial charge in [-0.1, -0.05) is 30.3 Å². The Hall–Kier alpha value is -2.55. The molecule has 2 aromatic carbocycles. The molecular formula is C20H20N2O. The van der Waals surface area contributed by atoms with Crippen molar-refractivity contribution in [2.75, 3.05) is 5.32 Å². The zero-order chi connectivity index (χ0) is 16.0. The van der Waals surface area contributed by atoms with Gasteiger partial charge in [-0.05, 0) is 55.5 Å². The molecule has 0 bridgehead atoms. The van der Waals surface area contributed by atoms with Gasteiger partial charge >= 0.3 is 0 Å². The van der Waals surface area contributed by atoms with Crippen molar-refractivity contribution in [1.29, 1.82) is 0 Å². The van der Waals surface area contributed by atoms with Crippen LogP contribution < -0.4 is 5.32 Å². The van der Waals surface area contributed by atoms with E-state index in [4.69, 9.17) is 0 Å². The van der Waals surface area contributed by atoms with Crippen LogP contribution in [0.4, 0.5) is 5.69 Å². The Morgan fingerprint density at radius 1 is 1.13 bits per heavy atom. The second kappa shape index (κ2) is 4.98. The van der Waals surface area contributed by atoms with Gasteiger partial charge in [0.15, 0.2) is 0 Å². The van der Waals surface area contributed by atoms with Crippen molar-refractivity contribution in [2.45, 2.75) is 32.1 Å². The summed E-state index contributed by atoms with van der Waals surface area (Å²) in [6, 6.07) is 14.3. The number of amides is 1. The van der Waals surface area contributed by atoms with Gasteiger partial charge in [0.2, 0.25) is 5.91 Å². The van der Waals surface area contributed by atoms with Gasteiger partial charge in [0, 0.05) is 22.8 Å². The van der Waals surface area contributed by atoms with E-state index in [2.05, 4.69) is 34.6 Å². The molecule has 0 spiro atoms. The Kier molecular flexibility index (Phi) is 3.05. The molecular weight excluding hydrogens is 284 g/mol. The number of carbonyl (C=O) groups excluding carboxylic acids is 1. The molecule has 2 N–H and O–H groups in total. The zero-order valence-electron chi connectivity index (χ0n) is 13.4. The maximum atomic E-state index is 13.0. The summed E-state index contributed by atoms with van der Waals surface area (Å²) < 4.78 is 0. The minimum Gasteiger partial charge on any atom is -0.361 e. The molecule has 1 heterocycles. The van der Waals surface area contributed by atoms with Crippen LogP contribution in [0.2, 0.25) is 0 Å². The number of benzene rings is 2. The van der Waals surface area contributed by atoms with Gasteiger partial charge < -0.3 is 10.3 Å². The third-order valence-electron chi connectivity index (χ3n) is 4.93. The standard InChI is InChI=1S/C20H20N2O/c1-13-7-8-14(2)18(11-13)22-19(23)20(9-10-20)16-12-21-17-6-4-3-5-15(16)17/h3-8,11-12,21H,9-10H2,1-2H3,(H,22,23). The van der Waals surface area contributed by atoms with E-state index in [0.717, 1.165) is 46.1 Å². The molecule has 3 nitrogen and oxygen atoms in total. The quantitative estimate of drug-likeness (QED) is 0.737. The number of para-hydroxylation sites is 1. The molecule has 116 valence electrons. The first-order chi connectivity index (χ1) is 11.1. The molecule has 1 fully saturated rings. The molecule has 4 rings (SSSR count). The molecule has 0 unspecified atom stereocenters. The number of aryl methyl sites for hydroxylation is 2. The van der Waals surface area contributed by atoms with E-state index in [9.17, 15) is 4.79 Å². The van der Waals surface area contributed by atoms with Crippen LogP contribution in [0.3, 0.4) is 0 Å². The lowest BCUT2D eigenvalue weighted by atomic mass is 9.94. The van der Waals surface area contributed by atoms with Gasteiger partial charge in [-0.2, -0.15) is 0 Å². The minimum absolute atomic E-state index is 0.107. The second-order valence-electron chi connectivity index (χ2n) is 6.60. The predicted molar refractivity (Wildman–Crippen MR) is 93.8 cm³/mol. The van der Waals surface area contributed by atoms with Crippen molar-refractivity contribution in [2.24, 2.45) is 0 Å². The van der Waals surface area contributed by atoms with E-state index in [1.807, 2.05) is 38.2 Å². The van der Waals surface area contributed by atoms with Crippen molar-refractivity contribution in [3.63, 3.8) is 0 Å². The number of hydrogen-bond acceptors (Lipinski definition) is 1. The van der Waals surface area contributed by atoms with Crippen LogP contribution >= 0.6 is 0 Å². The first-order valence-corrected chi connectivity index (χ1v) is 8.05. The summed E-state index contributed by atoms with van der Waals surface area (Å²) in [6.07, 6.45) is 3.82. The van der Waals surface area contributed by atoms with Gasteiger partial charge in [0.25, 0.3) is 0 Å². The molecule has 0 saturated heterocycles. The second-order valence-corrected chi connectivity index (χ2v) is 6.60. The largest absolute Gasteiger partial charge is 0.361 e. The van der Waals surface area contributed by atoms with Gasteiger partial charge in [-0.15, -0.1) is 0 Å². The minimum atomic E-state index is -0.379. The Bertz CT molecular complexity index is 903. The molecule has 1 aromatic heterocycles. The highest BCUT2D eigenvalue weighted by Gasteiger charge is 2.52. The lowest BCUT2D eigenvalue weighted by Gasteiger charge is -2.16. The van der Waals surface area contributed by atoms with E-state index in [1.54, 1.807) is 0 Å². The summed E-state index contributed by atoms with van der Waals surface area (Å²) in [6.45, 7) is 4.07. The van der Waals surface area contributed by atoms with Crippen molar-refractivity contribution in [3.8, 4) is 0 Å². The average Bonchev–Trinajstić information content (AvgIpc) is 3.24. The summed E-state index contributed by atoms with van der Waals surface area (Å²) in [7, 11) is 0. The van der Waals surface area contributed by atoms with Gasteiger partial charge in [-0.25, -0.2) is 0 Å². The fourth-order valence-corrected chi connectivity index (χ4v) is 3.32. The first kappa shape index (κ1) is 14.1. The lowest BCUT2D eigenvalue weighted by molar-refractivity contribution is -0.118. The summed E-state index contributed by atoms with van der Waals surface area (Å²) >= 11 is 0. The normalized spacial score (nSPS) is 15.6. The van der Waals surface area contributed by atoms with Crippen LogP contribution in [-0.2, 0) is 10.2 Å². The number of nitrogens with one attached hydrogen (secondary N) is 2. The molecule has 1 amide bonds. The number of aromatic nitrogens is 1. The van der Waals surface area contributed by atoms with E-state index in [0.29, 0.717) is 0 Å². The van der Waals surface area contributed by atoms with E-state index in [-0.39, 0.29) is 11.3 Å². The molecule has 0 radical (unpaired) electrons. The number of hydrogen-bond donors (Lipinski definition) is 2. The number of rotatable bonds is 3. The third kappa shape index (κ3) is 2.24. The first-order valence-electron chi connectivity index (χ1n) is 8.05. The fraction of sp³-hybridized carbons (Fsp3) is 0.250. The van der Waals surface area contributed by atoms with Gasteiger partial charge in [0.05, 0.1) is 5.41 Å². The molecule has 3 heteroatoms. The number of anilines is 1. The van der Waals surface area contributed by atoms with Crippen LogP contribution in [0.1, 0.15) is 29.5 Å². The van der Waals surface area contributed by atoms with Crippen LogP contribution in [0.5, 0.6) is 0 Å². The molecule has 0 aliphatic heterocycles. The van der Waals surface area contributed by atoms with Crippen LogP contribution in [0.15, 0.2) is 48.7 Å². The van der Waals surface area contributed by atoms with E-state index >= 15 is 0 Å². The van der Waals surface area contributed by atoms with Crippen LogP contribution in [0.25, 0.3) is 10.9 Å². The van der Waals surface area contributed by atoms with Crippen molar-refractivity contribution < 1.29 is 4.79 Å². The highest BCUT2D eigenvalue weighted by molar-refractivity contribution is 6.04. The monoisotopic (exact) mass is 304 g/mol. The number of aromatic amines is 1. The summed E-state index contributed by atoms with van der Waals surface area (Å²) in [5.74, 6) is 0.107. The van der Waals surface area contributed by atoms with Crippen molar-refractivity contribution in [3.05, 3.63) is 65.4 Å². The van der Waals surface area contributed by atoms with E-state index < -0.39 is 0 Å². The Balaban J connectivity index is 1.69. The number of H-pyrrole nitrogens is 1. The maximum absolute atomic E-state index is 13.0. The molecule has 1 aliphatic rings. The summed E-state index contributed by atoms with van der Waals surface area (Å²) in [5, 5.41) is 4.31. The maximum Gasteiger partial charge on any atom is 0.235 e. The molecule has 1 aliphatic carbocycles. The topological polar surface area (TPSA) is 44.9 Å². The summed E-state index contributed by atoms with van der Waals surface area (Å²) in [5.41, 5.74) is 5.00. The Morgan fingerprint density at radius 2 is 1.91 bits per heavy atom. The summed E-state index contributed by atoms with van der Waals surface area (Å²) in [4.78, 5) is 16.3. The van der Waals surface area contributed by atoms with Crippen molar-refractivity contribution >= 4 is 22.5 Å².